The molecule has 1 saturated heterocycles. The number of hydrogen-bond acceptors (Lipinski definition) is 6. The first-order chi connectivity index (χ1) is 16.4. The molecule has 0 radical (unpaired) electrons. The summed E-state index contributed by atoms with van der Waals surface area (Å²) >= 11 is 0. The van der Waals surface area contributed by atoms with Gasteiger partial charge >= 0.3 is 6.09 Å². The molecule has 0 bridgehead atoms. The molecule has 0 spiro atoms. The zero-order valence-corrected chi connectivity index (χ0v) is 25.5. The number of ether oxygens (including phenoxy) is 1. The van der Waals surface area contributed by atoms with Crippen molar-refractivity contribution in [2.24, 2.45) is 5.73 Å². The molecule has 206 valence electrons. The molecule has 1 amide bonds. The van der Waals surface area contributed by atoms with E-state index in [0.717, 1.165) is 5.56 Å². The van der Waals surface area contributed by atoms with Crippen LogP contribution in [0.2, 0.25) is 18.1 Å². The number of likely N-dealkylation sites (tertiary alicyclic amines) is 1. The normalized spacial score (nSPS) is 21.3. The van der Waals surface area contributed by atoms with Crippen molar-refractivity contribution in [2.75, 3.05) is 12.3 Å². The van der Waals surface area contributed by atoms with Crippen LogP contribution in [-0.4, -0.2) is 69.1 Å². The van der Waals surface area contributed by atoms with Gasteiger partial charge in [-0.3, -0.25) is 0 Å². The Balaban J connectivity index is 2.51. The van der Waals surface area contributed by atoms with Crippen LogP contribution in [0.1, 0.15) is 66.9 Å². The Morgan fingerprint density at radius 2 is 1.72 bits per heavy atom. The maximum atomic E-state index is 13.4. The van der Waals surface area contributed by atoms with Crippen LogP contribution in [-0.2, 0) is 25.4 Å². The fourth-order valence-electron chi connectivity index (χ4n) is 4.35. The minimum atomic E-state index is -3.38. The van der Waals surface area contributed by atoms with Crippen molar-refractivity contribution < 1.29 is 22.4 Å². The zero-order chi connectivity index (χ0) is 27.5. The molecule has 7 nitrogen and oxygen atoms in total. The van der Waals surface area contributed by atoms with E-state index in [1.165, 1.54) is 0 Å². The van der Waals surface area contributed by atoms with Gasteiger partial charge in [-0.2, -0.15) is 0 Å². The van der Waals surface area contributed by atoms with Crippen LogP contribution < -0.4 is 5.73 Å². The Bertz CT molecular complexity index is 970. The highest BCUT2D eigenvalue weighted by Crippen LogP contribution is 2.40. The van der Waals surface area contributed by atoms with Gasteiger partial charge in [0, 0.05) is 12.6 Å². The summed E-state index contributed by atoms with van der Waals surface area (Å²) in [5.74, 6) is 0.0936. The van der Waals surface area contributed by atoms with Crippen LogP contribution in [0.3, 0.4) is 0 Å². The van der Waals surface area contributed by atoms with Crippen LogP contribution in [0, 0.1) is 0 Å². The van der Waals surface area contributed by atoms with Gasteiger partial charge < -0.3 is 19.8 Å². The average molecular weight is 541 g/mol. The van der Waals surface area contributed by atoms with Crippen LogP contribution in [0.4, 0.5) is 4.79 Å². The minimum absolute atomic E-state index is 0.0826. The summed E-state index contributed by atoms with van der Waals surface area (Å²) in [4.78, 5) is 14.9. The summed E-state index contributed by atoms with van der Waals surface area (Å²) in [7, 11) is -5.70. The second kappa shape index (κ2) is 11.5. The highest BCUT2D eigenvalue weighted by molar-refractivity contribution is 7.92. The highest BCUT2D eigenvalue weighted by Gasteiger charge is 2.50. The molecule has 1 aliphatic heterocycles. The van der Waals surface area contributed by atoms with Crippen LogP contribution in [0.25, 0.3) is 0 Å². The van der Waals surface area contributed by atoms with Gasteiger partial charge in [0.15, 0.2) is 18.2 Å². The molecule has 1 aliphatic rings. The molecule has 1 heterocycles. The first kappa shape index (κ1) is 30.8. The monoisotopic (exact) mass is 540 g/mol. The van der Waals surface area contributed by atoms with Crippen molar-refractivity contribution in [2.45, 2.75) is 115 Å². The van der Waals surface area contributed by atoms with E-state index in [9.17, 15) is 13.2 Å². The summed E-state index contributed by atoms with van der Waals surface area (Å²) in [5.41, 5.74) is 7.22. The van der Waals surface area contributed by atoms with Gasteiger partial charge in [-0.15, -0.1) is 0 Å². The van der Waals surface area contributed by atoms with Crippen LogP contribution in [0.15, 0.2) is 30.3 Å². The van der Waals surface area contributed by atoms with Gasteiger partial charge in [0.25, 0.3) is 0 Å². The lowest BCUT2D eigenvalue weighted by Crippen LogP contribution is -2.58. The average Bonchev–Trinajstić information content (AvgIpc) is 3.17. The van der Waals surface area contributed by atoms with E-state index in [1.807, 2.05) is 58.0 Å². The molecule has 4 atom stereocenters. The lowest BCUT2D eigenvalue weighted by atomic mass is 9.96. The molecular weight excluding hydrogens is 492 g/mol. The van der Waals surface area contributed by atoms with Gasteiger partial charge in [0.05, 0.1) is 23.1 Å². The van der Waals surface area contributed by atoms with E-state index < -0.39 is 53.3 Å². The van der Waals surface area contributed by atoms with Crippen molar-refractivity contribution in [3.05, 3.63) is 35.9 Å². The molecule has 1 fully saturated rings. The van der Waals surface area contributed by atoms with Crippen LogP contribution >= 0.6 is 0 Å². The number of rotatable bonds is 9. The second-order valence-corrected chi connectivity index (χ2v) is 19.8. The van der Waals surface area contributed by atoms with E-state index in [1.54, 1.807) is 4.90 Å². The first-order valence-electron chi connectivity index (χ1n) is 13.1. The van der Waals surface area contributed by atoms with Gasteiger partial charge in [0.2, 0.25) is 0 Å². The van der Waals surface area contributed by atoms with Crippen LogP contribution in [0.5, 0.6) is 0 Å². The number of sulfone groups is 1. The van der Waals surface area contributed by atoms with E-state index in [0.29, 0.717) is 19.3 Å². The molecular formula is C27H48N2O5SSi. The third kappa shape index (κ3) is 8.04. The van der Waals surface area contributed by atoms with E-state index >= 15 is 0 Å². The Hall–Kier alpha value is -1.42. The third-order valence-corrected chi connectivity index (χ3v) is 14.1. The Morgan fingerprint density at radius 1 is 1.14 bits per heavy atom. The van der Waals surface area contributed by atoms with Gasteiger partial charge in [-0.05, 0) is 63.7 Å². The van der Waals surface area contributed by atoms with Crippen molar-refractivity contribution in [3.63, 3.8) is 0 Å². The number of benzene rings is 1. The molecule has 0 aliphatic carbocycles. The molecule has 36 heavy (non-hydrogen) atoms. The predicted octanol–water partition coefficient (Wildman–Crippen LogP) is 5.15. The zero-order valence-electron chi connectivity index (χ0n) is 23.7. The standard InChI is InChI=1S/C27H48N2O5SSi/c1-10-16-35(31,32)21-18-23(29(19-21)25(30)33-26(2,3)4)24(34-36(8,9)27(5,6)7)22(28)17-20-14-12-11-13-15-20/h11-15,21-24H,10,16-19,28H2,1-9H3/t21-,22+,23-,24+/m1/s1. The molecule has 0 unspecified atom stereocenters. The predicted molar refractivity (Wildman–Crippen MR) is 149 cm³/mol. The summed E-state index contributed by atoms with van der Waals surface area (Å²) in [6.45, 7) is 18.2. The van der Waals surface area contributed by atoms with Gasteiger partial charge in [-0.1, -0.05) is 58.0 Å². The number of amides is 1. The Morgan fingerprint density at radius 3 is 2.22 bits per heavy atom. The fraction of sp³-hybridized carbons (Fsp3) is 0.741. The molecule has 0 saturated carbocycles. The molecule has 1 aromatic carbocycles. The number of hydrogen-bond donors (Lipinski definition) is 1. The highest BCUT2D eigenvalue weighted by atomic mass is 32.2. The molecule has 1 aromatic rings. The summed E-state index contributed by atoms with van der Waals surface area (Å²) < 4.78 is 38.9. The summed E-state index contributed by atoms with van der Waals surface area (Å²) in [6, 6.07) is 9.04. The van der Waals surface area contributed by atoms with E-state index in [-0.39, 0.29) is 17.3 Å². The van der Waals surface area contributed by atoms with Gasteiger partial charge in [-0.25, -0.2) is 13.2 Å². The first-order valence-corrected chi connectivity index (χ1v) is 17.7. The van der Waals surface area contributed by atoms with Crippen molar-refractivity contribution in [3.8, 4) is 0 Å². The van der Waals surface area contributed by atoms with Crippen molar-refractivity contribution in [1.29, 1.82) is 0 Å². The van der Waals surface area contributed by atoms with Crippen molar-refractivity contribution >= 4 is 24.2 Å². The Labute approximate surface area is 220 Å². The lowest BCUT2D eigenvalue weighted by molar-refractivity contribution is 0.00347. The molecule has 2 rings (SSSR count). The summed E-state index contributed by atoms with van der Waals surface area (Å²) in [5, 5.41) is -0.745. The topological polar surface area (TPSA) is 98.9 Å². The quantitative estimate of drug-likeness (QED) is 0.435. The number of carbonyl (C=O) groups excluding carboxylic acids is 1. The van der Waals surface area contributed by atoms with E-state index in [2.05, 4.69) is 33.9 Å². The minimum Gasteiger partial charge on any atom is -0.444 e. The third-order valence-electron chi connectivity index (χ3n) is 7.28. The smallest absolute Gasteiger partial charge is 0.410 e. The van der Waals surface area contributed by atoms with Crippen molar-refractivity contribution in [1.82, 2.24) is 4.90 Å². The van der Waals surface area contributed by atoms with E-state index in [4.69, 9.17) is 14.9 Å². The fourth-order valence-corrected chi connectivity index (χ4v) is 7.50. The number of nitrogens with zero attached hydrogens (tertiary/aromatic N) is 1. The SMILES string of the molecule is CCCS(=O)(=O)[C@@H]1C[C@H]([C@@H](O[Si](C)(C)C(C)(C)C)[C@@H](N)Cc2ccccc2)N(C(=O)OC(C)(C)C)C1. The Kier molecular flexibility index (Phi) is 9.87. The van der Waals surface area contributed by atoms with Gasteiger partial charge in [0.1, 0.15) is 5.60 Å². The lowest BCUT2D eigenvalue weighted by Gasteiger charge is -2.44. The maximum Gasteiger partial charge on any atom is 0.410 e. The summed E-state index contributed by atoms with van der Waals surface area (Å²) in [6.07, 6.45) is 0.347. The largest absolute Gasteiger partial charge is 0.444 e. The number of nitrogens with two attached hydrogens (primary N) is 1. The molecule has 9 heteroatoms. The molecule has 0 aromatic heterocycles. The molecule has 2 N–H and O–H groups in total. The maximum absolute atomic E-state index is 13.4. The number of carbonyl (C=O) groups is 1. The second-order valence-electron chi connectivity index (χ2n) is 12.6.